The highest BCUT2D eigenvalue weighted by atomic mass is 16.4. The van der Waals surface area contributed by atoms with Gasteiger partial charge in [0.2, 0.25) is 11.8 Å². The molecule has 0 saturated heterocycles. The first-order valence-corrected chi connectivity index (χ1v) is 5.42. The molecule has 1 fully saturated rings. The quantitative estimate of drug-likeness (QED) is 0.527. The van der Waals surface area contributed by atoms with E-state index in [9.17, 15) is 14.4 Å². The van der Waals surface area contributed by atoms with Crippen molar-refractivity contribution in [2.75, 3.05) is 13.6 Å². The van der Waals surface area contributed by atoms with Crippen molar-refractivity contribution in [1.29, 1.82) is 0 Å². The number of carboxylic acids is 1. The number of nitrogens with one attached hydrogen (secondary N) is 1. The highest BCUT2D eigenvalue weighted by Crippen LogP contribution is 2.18. The van der Waals surface area contributed by atoms with Gasteiger partial charge in [0, 0.05) is 13.1 Å². The molecule has 0 aliphatic heterocycles. The standard InChI is InChI=1S/C10H17N3O4/c1-13(5-8(14)12-6-2-3-6)10(17)7(11)4-9(15)16/h6-7H,2-5,11H2,1H3,(H,12,14)(H,15,16). The van der Waals surface area contributed by atoms with Gasteiger partial charge in [-0.05, 0) is 12.8 Å². The molecule has 0 spiro atoms. The summed E-state index contributed by atoms with van der Waals surface area (Å²) < 4.78 is 0. The van der Waals surface area contributed by atoms with E-state index >= 15 is 0 Å². The van der Waals surface area contributed by atoms with Gasteiger partial charge in [0.05, 0.1) is 19.0 Å². The summed E-state index contributed by atoms with van der Waals surface area (Å²) in [5.41, 5.74) is 5.40. The zero-order valence-corrected chi connectivity index (χ0v) is 9.68. The van der Waals surface area contributed by atoms with Crippen molar-refractivity contribution in [2.45, 2.75) is 31.3 Å². The van der Waals surface area contributed by atoms with E-state index in [4.69, 9.17) is 10.8 Å². The molecule has 0 bridgehead atoms. The number of aliphatic carboxylic acids is 1. The first-order chi connectivity index (χ1) is 7.90. The Morgan fingerprint density at radius 3 is 2.53 bits per heavy atom. The van der Waals surface area contributed by atoms with Crippen LogP contribution in [0.5, 0.6) is 0 Å². The third kappa shape index (κ3) is 4.81. The maximum atomic E-state index is 11.6. The van der Waals surface area contributed by atoms with E-state index in [0.717, 1.165) is 17.7 Å². The number of nitrogens with two attached hydrogens (primary N) is 1. The minimum Gasteiger partial charge on any atom is -0.481 e. The molecule has 1 rings (SSSR count). The summed E-state index contributed by atoms with van der Waals surface area (Å²) in [5, 5.41) is 11.2. The summed E-state index contributed by atoms with van der Waals surface area (Å²) in [6, 6.07) is -0.870. The lowest BCUT2D eigenvalue weighted by Gasteiger charge is -2.19. The van der Waals surface area contributed by atoms with Gasteiger partial charge in [0.15, 0.2) is 0 Å². The fourth-order valence-electron chi connectivity index (χ4n) is 1.35. The second-order valence-corrected chi connectivity index (χ2v) is 4.24. The third-order valence-corrected chi connectivity index (χ3v) is 2.41. The zero-order chi connectivity index (χ0) is 13.0. The maximum Gasteiger partial charge on any atom is 0.305 e. The molecule has 1 atom stereocenters. The van der Waals surface area contributed by atoms with Crippen molar-refractivity contribution >= 4 is 17.8 Å². The van der Waals surface area contributed by atoms with Crippen LogP contribution in [-0.2, 0) is 14.4 Å². The molecule has 0 aromatic rings. The summed E-state index contributed by atoms with van der Waals surface area (Å²) in [5.74, 6) is -1.93. The third-order valence-electron chi connectivity index (χ3n) is 2.41. The number of carbonyl (C=O) groups excluding carboxylic acids is 2. The Kier molecular flexibility index (Phi) is 4.45. The summed E-state index contributed by atoms with van der Waals surface area (Å²) in [6.07, 6.45) is 1.51. The van der Waals surface area contributed by atoms with E-state index in [1.807, 2.05) is 0 Å². The summed E-state index contributed by atoms with van der Waals surface area (Å²) >= 11 is 0. The minimum atomic E-state index is -1.14. The second-order valence-electron chi connectivity index (χ2n) is 4.24. The van der Waals surface area contributed by atoms with E-state index in [1.165, 1.54) is 7.05 Å². The van der Waals surface area contributed by atoms with Crippen LogP contribution in [0, 0.1) is 0 Å². The van der Waals surface area contributed by atoms with Crippen LogP contribution >= 0.6 is 0 Å². The molecular weight excluding hydrogens is 226 g/mol. The Bertz CT molecular complexity index is 328. The van der Waals surface area contributed by atoms with Crippen LogP contribution in [-0.4, -0.2) is 53.5 Å². The lowest BCUT2D eigenvalue weighted by Crippen LogP contribution is -2.46. The Morgan fingerprint density at radius 1 is 1.47 bits per heavy atom. The average molecular weight is 243 g/mol. The lowest BCUT2D eigenvalue weighted by atomic mass is 10.2. The second kappa shape index (κ2) is 5.62. The average Bonchev–Trinajstić information content (AvgIpc) is 2.98. The molecule has 96 valence electrons. The van der Waals surface area contributed by atoms with Crippen molar-refractivity contribution in [3.05, 3.63) is 0 Å². The first-order valence-electron chi connectivity index (χ1n) is 5.42. The highest BCUT2D eigenvalue weighted by Gasteiger charge is 2.26. The Hall–Kier alpha value is -1.63. The molecule has 1 aliphatic carbocycles. The normalized spacial score (nSPS) is 16.1. The first kappa shape index (κ1) is 13.4. The molecule has 0 radical (unpaired) electrons. The minimum absolute atomic E-state index is 0.0946. The van der Waals surface area contributed by atoms with Crippen LogP contribution in [0.3, 0.4) is 0 Å². The van der Waals surface area contributed by atoms with E-state index in [-0.39, 0.29) is 18.5 Å². The highest BCUT2D eigenvalue weighted by molar-refractivity contribution is 5.89. The molecule has 0 heterocycles. The number of amides is 2. The lowest BCUT2D eigenvalue weighted by molar-refractivity contribution is -0.142. The molecule has 1 aliphatic rings. The van der Waals surface area contributed by atoms with Crippen LogP contribution in [0.2, 0.25) is 0 Å². The number of likely N-dealkylation sites (N-methyl/N-ethyl adjacent to an activating group) is 1. The molecular formula is C10H17N3O4. The van der Waals surface area contributed by atoms with Gasteiger partial charge >= 0.3 is 5.97 Å². The largest absolute Gasteiger partial charge is 0.481 e. The number of carboxylic acid groups (broad SMARTS) is 1. The molecule has 4 N–H and O–H groups in total. The van der Waals surface area contributed by atoms with Crippen molar-refractivity contribution < 1.29 is 19.5 Å². The van der Waals surface area contributed by atoms with Crippen molar-refractivity contribution in [2.24, 2.45) is 5.73 Å². The number of carbonyl (C=O) groups is 3. The van der Waals surface area contributed by atoms with Crippen LogP contribution < -0.4 is 11.1 Å². The van der Waals surface area contributed by atoms with Crippen LogP contribution in [0.25, 0.3) is 0 Å². The molecule has 7 heteroatoms. The molecule has 17 heavy (non-hydrogen) atoms. The Morgan fingerprint density at radius 2 is 2.06 bits per heavy atom. The molecule has 7 nitrogen and oxygen atoms in total. The van der Waals surface area contributed by atoms with Crippen LogP contribution in [0.15, 0.2) is 0 Å². The predicted molar refractivity (Wildman–Crippen MR) is 59.0 cm³/mol. The topological polar surface area (TPSA) is 113 Å². The Balaban J connectivity index is 2.33. The molecule has 0 aromatic heterocycles. The molecule has 0 aromatic carbocycles. The summed E-state index contributed by atoms with van der Waals surface area (Å²) in [4.78, 5) is 34.5. The number of hydrogen-bond donors (Lipinski definition) is 3. The van der Waals surface area contributed by atoms with Crippen molar-refractivity contribution in [3.63, 3.8) is 0 Å². The smallest absolute Gasteiger partial charge is 0.305 e. The van der Waals surface area contributed by atoms with Gasteiger partial charge in [-0.3, -0.25) is 14.4 Å². The van der Waals surface area contributed by atoms with Crippen molar-refractivity contribution in [3.8, 4) is 0 Å². The molecule has 1 saturated carbocycles. The summed E-state index contributed by atoms with van der Waals surface area (Å²) in [7, 11) is 1.43. The van der Waals surface area contributed by atoms with E-state index in [0.29, 0.717) is 0 Å². The van der Waals surface area contributed by atoms with Gasteiger partial charge in [-0.2, -0.15) is 0 Å². The SMILES string of the molecule is CN(CC(=O)NC1CC1)C(=O)C(N)CC(=O)O. The number of hydrogen-bond acceptors (Lipinski definition) is 4. The summed E-state index contributed by atoms with van der Waals surface area (Å²) in [6.45, 7) is -0.0946. The van der Waals surface area contributed by atoms with Gasteiger partial charge in [-0.1, -0.05) is 0 Å². The van der Waals surface area contributed by atoms with Gasteiger partial charge < -0.3 is 21.1 Å². The van der Waals surface area contributed by atoms with E-state index in [1.54, 1.807) is 0 Å². The van der Waals surface area contributed by atoms with E-state index < -0.39 is 24.3 Å². The van der Waals surface area contributed by atoms with Crippen molar-refractivity contribution in [1.82, 2.24) is 10.2 Å². The fourth-order valence-corrected chi connectivity index (χ4v) is 1.35. The van der Waals surface area contributed by atoms with Gasteiger partial charge in [-0.25, -0.2) is 0 Å². The number of rotatable bonds is 6. The molecule has 1 unspecified atom stereocenters. The van der Waals surface area contributed by atoms with E-state index in [2.05, 4.69) is 5.32 Å². The zero-order valence-electron chi connectivity index (χ0n) is 9.68. The van der Waals surface area contributed by atoms with Gasteiger partial charge in [0.25, 0.3) is 0 Å². The van der Waals surface area contributed by atoms with Crippen LogP contribution in [0.4, 0.5) is 0 Å². The predicted octanol–water partition coefficient (Wildman–Crippen LogP) is -1.47. The molecule has 2 amide bonds. The van der Waals surface area contributed by atoms with Crippen LogP contribution in [0.1, 0.15) is 19.3 Å². The van der Waals surface area contributed by atoms with Gasteiger partial charge in [-0.15, -0.1) is 0 Å². The number of nitrogens with zero attached hydrogens (tertiary/aromatic N) is 1. The fraction of sp³-hybridized carbons (Fsp3) is 0.700. The maximum absolute atomic E-state index is 11.6. The Labute approximate surface area is 98.9 Å². The van der Waals surface area contributed by atoms with Gasteiger partial charge in [0.1, 0.15) is 0 Å². The monoisotopic (exact) mass is 243 g/mol.